The number of thiazole rings is 1. The highest BCUT2D eigenvalue weighted by Crippen LogP contribution is 2.34. The number of benzene rings is 2. The van der Waals surface area contributed by atoms with Gasteiger partial charge >= 0.3 is 12.1 Å². The van der Waals surface area contributed by atoms with Crippen molar-refractivity contribution in [3.8, 4) is 16.3 Å². The van der Waals surface area contributed by atoms with Gasteiger partial charge in [-0.1, -0.05) is 24.3 Å². The smallest absolute Gasteiger partial charge is 0.416 e. The first-order valence-corrected chi connectivity index (χ1v) is 11.6. The van der Waals surface area contributed by atoms with Gasteiger partial charge in [-0.2, -0.15) is 13.2 Å². The Balaban J connectivity index is 1.35. The maximum Gasteiger partial charge on any atom is 0.416 e. The van der Waals surface area contributed by atoms with Crippen LogP contribution in [0.4, 0.5) is 13.2 Å². The number of aromatic nitrogens is 1. The number of hydrogen-bond acceptors (Lipinski definition) is 7. The lowest BCUT2D eigenvalue weighted by atomic mass is 9.99. The van der Waals surface area contributed by atoms with Crippen LogP contribution in [0.5, 0.6) is 5.75 Å². The quantitative estimate of drug-likeness (QED) is 0.397. The van der Waals surface area contributed by atoms with Crippen LogP contribution >= 0.6 is 11.3 Å². The molecule has 1 aromatic heterocycles. The fourth-order valence-electron chi connectivity index (χ4n) is 3.58. The second kappa shape index (κ2) is 9.96. The van der Waals surface area contributed by atoms with E-state index in [4.69, 9.17) is 18.9 Å². The third-order valence-electron chi connectivity index (χ3n) is 5.75. The molecule has 186 valence electrons. The Hall–Kier alpha value is -2.95. The average molecular weight is 508 g/mol. The van der Waals surface area contributed by atoms with Crippen molar-refractivity contribution in [2.45, 2.75) is 38.3 Å². The minimum absolute atomic E-state index is 0.0307. The SMILES string of the molecule is COC(=O)C1(C)OCC(c2ccc(OCc3sc(-c4ccc(C(F)(F)F)cc4)nc3C)cc2)CO1. The number of aryl methyl sites for hydroxylation is 1. The highest BCUT2D eigenvalue weighted by molar-refractivity contribution is 7.15. The maximum atomic E-state index is 12.8. The lowest BCUT2D eigenvalue weighted by Crippen LogP contribution is -2.47. The van der Waals surface area contributed by atoms with Crippen molar-refractivity contribution in [1.29, 1.82) is 0 Å². The molecule has 2 heterocycles. The number of rotatable bonds is 6. The van der Waals surface area contributed by atoms with Crippen molar-refractivity contribution in [3.05, 3.63) is 70.2 Å². The first kappa shape index (κ1) is 25.2. The lowest BCUT2D eigenvalue weighted by molar-refractivity contribution is -0.264. The summed E-state index contributed by atoms with van der Waals surface area (Å²) in [5, 5.41) is 0.640. The van der Waals surface area contributed by atoms with Crippen molar-refractivity contribution in [1.82, 2.24) is 4.98 Å². The van der Waals surface area contributed by atoms with Gasteiger partial charge in [-0.3, -0.25) is 0 Å². The van der Waals surface area contributed by atoms with E-state index in [-0.39, 0.29) is 12.5 Å². The van der Waals surface area contributed by atoms with Crippen LogP contribution in [0.15, 0.2) is 48.5 Å². The molecule has 6 nitrogen and oxygen atoms in total. The molecule has 0 N–H and O–H groups in total. The number of nitrogens with zero attached hydrogens (tertiary/aromatic N) is 1. The van der Waals surface area contributed by atoms with Crippen molar-refractivity contribution in [2.75, 3.05) is 20.3 Å². The molecule has 0 unspecified atom stereocenters. The van der Waals surface area contributed by atoms with Crippen LogP contribution in [-0.2, 0) is 31.8 Å². The topological polar surface area (TPSA) is 66.9 Å². The number of esters is 1. The molecule has 0 bridgehead atoms. The summed E-state index contributed by atoms with van der Waals surface area (Å²) in [5.74, 6) is -1.33. The number of alkyl halides is 3. The van der Waals surface area contributed by atoms with Gasteiger partial charge in [-0.15, -0.1) is 11.3 Å². The van der Waals surface area contributed by atoms with E-state index in [2.05, 4.69) is 4.98 Å². The summed E-state index contributed by atoms with van der Waals surface area (Å²) in [7, 11) is 1.29. The molecule has 0 saturated carbocycles. The fraction of sp³-hybridized carbons (Fsp3) is 0.360. The summed E-state index contributed by atoms with van der Waals surface area (Å²) in [4.78, 5) is 17.2. The van der Waals surface area contributed by atoms with E-state index in [1.54, 1.807) is 0 Å². The second-order valence-corrected chi connectivity index (χ2v) is 9.30. The summed E-state index contributed by atoms with van der Waals surface area (Å²) in [5.41, 5.74) is 1.70. The number of halogens is 3. The predicted octanol–water partition coefficient (Wildman–Crippen LogP) is 5.74. The lowest BCUT2D eigenvalue weighted by Gasteiger charge is -2.35. The molecule has 3 aromatic rings. The number of carbonyl (C=O) groups excluding carboxylic acids is 1. The molecule has 35 heavy (non-hydrogen) atoms. The molecule has 2 aromatic carbocycles. The number of methoxy groups -OCH3 is 1. The Morgan fingerprint density at radius 2 is 1.74 bits per heavy atom. The van der Waals surface area contributed by atoms with E-state index in [9.17, 15) is 18.0 Å². The molecular formula is C25H24F3NO5S. The molecule has 0 spiro atoms. The number of hydrogen-bond donors (Lipinski definition) is 0. The Labute approximate surface area is 204 Å². The van der Waals surface area contributed by atoms with Gasteiger partial charge in [0.05, 0.1) is 36.5 Å². The van der Waals surface area contributed by atoms with Crippen LogP contribution in [0.1, 0.15) is 34.5 Å². The molecule has 0 atom stereocenters. The Morgan fingerprint density at radius 1 is 1.11 bits per heavy atom. The van der Waals surface area contributed by atoms with Gasteiger partial charge < -0.3 is 18.9 Å². The fourth-order valence-corrected chi connectivity index (χ4v) is 4.56. The van der Waals surface area contributed by atoms with E-state index in [1.807, 2.05) is 31.2 Å². The summed E-state index contributed by atoms with van der Waals surface area (Å²) in [6.45, 7) is 4.31. The Morgan fingerprint density at radius 3 is 2.31 bits per heavy atom. The molecule has 1 saturated heterocycles. The van der Waals surface area contributed by atoms with Gasteiger partial charge in [0.25, 0.3) is 5.79 Å². The highest BCUT2D eigenvalue weighted by atomic mass is 32.1. The van der Waals surface area contributed by atoms with Gasteiger partial charge in [-0.25, -0.2) is 9.78 Å². The first-order chi connectivity index (χ1) is 16.6. The zero-order valence-corrected chi connectivity index (χ0v) is 20.2. The molecule has 4 rings (SSSR count). The van der Waals surface area contributed by atoms with Gasteiger partial charge in [0.1, 0.15) is 17.4 Å². The molecule has 10 heteroatoms. The minimum atomic E-state index is -4.37. The minimum Gasteiger partial charge on any atom is -0.488 e. The van der Waals surface area contributed by atoms with Crippen LogP contribution in [0, 0.1) is 6.92 Å². The molecule has 0 aliphatic carbocycles. The standard InChI is InChI=1S/C25H24F3NO5S/c1-15-21(35-22(29-15)17-4-8-19(9-5-17)25(26,27)28)14-32-20-10-6-16(7-11-20)18-12-33-24(2,34-13-18)23(30)31-3/h4-11,18H,12-14H2,1-3H3. The Kier molecular flexibility index (Phi) is 7.16. The van der Waals surface area contributed by atoms with Crippen LogP contribution in [-0.4, -0.2) is 37.1 Å². The number of carbonyl (C=O) groups is 1. The molecular weight excluding hydrogens is 483 g/mol. The summed E-state index contributed by atoms with van der Waals surface area (Å²) in [6, 6.07) is 12.5. The molecule has 1 fully saturated rings. The van der Waals surface area contributed by atoms with Gasteiger partial charge in [0, 0.05) is 18.4 Å². The monoisotopic (exact) mass is 507 g/mol. The predicted molar refractivity (Wildman–Crippen MR) is 123 cm³/mol. The van der Waals surface area contributed by atoms with Gasteiger partial charge in [0.2, 0.25) is 0 Å². The van der Waals surface area contributed by atoms with E-state index in [1.165, 1.54) is 37.5 Å². The van der Waals surface area contributed by atoms with E-state index in [0.717, 1.165) is 28.3 Å². The summed E-state index contributed by atoms with van der Waals surface area (Å²) in [6.07, 6.45) is -4.37. The third kappa shape index (κ3) is 5.66. The van der Waals surface area contributed by atoms with Crippen LogP contribution in [0.25, 0.3) is 10.6 Å². The van der Waals surface area contributed by atoms with E-state index >= 15 is 0 Å². The highest BCUT2D eigenvalue weighted by Gasteiger charge is 2.41. The average Bonchev–Trinajstić information content (AvgIpc) is 3.23. The molecule has 1 aliphatic rings. The van der Waals surface area contributed by atoms with Crippen molar-refractivity contribution in [3.63, 3.8) is 0 Å². The third-order valence-corrected chi connectivity index (χ3v) is 6.93. The zero-order chi connectivity index (χ0) is 25.2. The second-order valence-electron chi connectivity index (χ2n) is 8.22. The zero-order valence-electron chi connectivity index (χ0n) is 19.3. The summed E-state index contributed by atoms with van der Waals surface area (Å²) >= 11 is 1.39. The van der Waals surface area contributed by atoms with E-state index in [0.29, 0.717) is 29.5 Å². The largest absolute Gasteiger partial charge is 0.488 e. The van der Waals surface area contributed by atoms with Crippen molar-refractivity contribution in [2.24, 2.45) is 0 Å². The number of ether oxygens (including phenoxy) is 4. The van der Waals surface area contributed by atoms with Crippen LogP contribution in [0.3, 0.4) is 0 Å². The van der Waals surface area contributed by atoms with E-state index < -0.39 is 23.5 Å². The van der Waals surface area contributed by atoms with Crippen molar-refractivity contribution >= 4 is 17.3 Å². The molecule has 0 amide bonds. The van der Waals surface area contributed by atoms with Crippen LogP contribution < -0.4 is 4.74 Å². The summed E-state index contributed by atoms with van der Waals surface area (Å²) < 4.78 is 60.2. The van der Waals surface area contributed by atoms with Crippen molar-refractivity contribution < 1.29 is 36.9 Å². The molecule has 0 radical (unpaired) electrons. The van der Waals surface area contributed by atoms with Gasteiger partial charge in [0.15, 0.2) is 0 Å². The molecule has 1 aliphatic heterocycles. The first-order valence-electron chi connectivity index (χ1n) is 10.8. The normalized spacial score (nSPS) is 20.5. The van der Waals surface area contributed by atoms with Crippen LogP contribution in [0.2, 0.25) is 0 Å². The maximum absolute atomic E-state index is 12.8. The Bertz CT molecular complexity index is 1170. The van der Waals surface area contributed by atoms with Gasteiger partial charge in [-0.05, 0) is 36.8 Å².